The summed E-state index contributed by atoms with van der Waals surface area (Å²) in [7, 11) is 1.63. The van der Waals surface area contributed by atoms with Crippen molar-refractivity contribution in [3.8, 4) is 0 Å². The Morgan fingerprint density at radius 2 is 1.79 bits per heavy atom. The van der Waals surface area contributed by atoms with Gasteiger partial charge in [0.2, 0.25) is 5.91 Å². The Kier molecular flexibility index (Phi) is 8.39. The maximum absolute atomic E-state index is 12.3. The molecule has 1 amide bonds. The molecule has 0 aromatic heterocycles. The molecule has 0 N–H and O–H groups in total. The van der Waals surface area contributed by atoms with Crippen molar-refractivity contribution in [3.63, 3.8) is 0 Å². The van der Waals surface area contributed by atoms with Gasteiger partial charge < -0.3 is 14.4 Å². The molecule has 0 saturated heterocycles. The van der Waals surface area contributed by atoms with E-state index in [1.165, 1.54) is 0 Å². The lowest BCUT2D eigenvalue weighted by atomic mass is 9.94. The molecule has 19 heavy (non-hydrogen) atoms. The van der Waals surface area contributed by atoms with Crippen LogP contribution in [0.15, 0.2) is 0 Å². The van der Waals surface area contributed by atoms with Gasteiger partial charge in [-0.25, -0.2) is 0 Å². The van der Waals surface area contributed by atoms with Crippen LogP contribution < -0.4 is 0 Å². The van der Waals surface area contributed by atoms with Gasteiger partial charge in [0, 0.05) is 32.2 Å². The van der Waals surface area contributed by atoms with Gasteiger partial charge in [-0.15, -0.1) is 0 Å². The Morgan fingerprint density at radius 3 is 2.26 bits per heavy atom. The molecule has 0 aromatic carbocycles. The van der Waals surface area contributed by atoms with Crippen molar-refractivity contribution in [1.82, 2.24) is 4.90 Å². The largest absolute Gasteiger partial charge is 0.466 e. The Hall–Kier alpha value is -1.10. The highest BCUT2D eigenvalue weighted by Gasteiger charge is 2.27. The van der Waals surface area contributed by atoms with E-state index in [4.69, 9.17) is 9.47 Å². The second-order valence-electron chi connectivity index (χ2n) is 5.44. The first-order chi connectivity index (χ1) is 8.82. The van der Waals surface area contributed by atoms with Gasteiger partial charge in [-0.2, -0.15) is 0 Å². The highest BCUT2D eigenvalue weighted by molar-refractivity contribution is 5.82. The summed E-state index contributed by atoms with van der Waals surface area (Å²) in [6, 6.07) is 0. The van der Waals surface area contributed by atoms with Gasteiger partial charge in [0.05, 0.1) is 13.0 Å². The molecule has 0 radical (unpaired) electrons. The third-order valence-corrected chi connectivity index (χ3v) is 2.60. The zero-order chi connectivity index (χ0) is 14.9. The van der Waals surface area contributed by atoms with E-state index in [1.807, 2.05) is 20.8 Å². The minimum Gasteiger partial charge on any atom is -0.466 e. The maximum atomic E-state index is 12.3. The van der Waals surface area contributed by atoms with Crippen molar-refractivity contribution in [3.05, 3.63) is 0 Å². The van der Waals surface area contributed by atoms with Crippen LogP contribution in [0.2, 0.25) is 0 Å². The number of esters is 1. The molecule has 112 valence electrons. The third kappa shape index (κ3) is 7.82. The van der Waals surface area contributed by atoms with Crippen molar-refractivity contribution in [2.75, 3.05) is 33.4 Å². The van der Waals surface area contributed by atoms with Crippen molar-refractivity contribution in [1.29, 1.82) is 0 Å². The number of nitrogens with zero attached hydrogens (tertiary/aromatic N) is 1. The summed E-state index contributed by atoms with van der Waals surface area (Å²) in [5, 5.41) is 0. The van der Waals surface area contributed by atoms with E-state index in [9.17, 15) is 9.59 Å². The molecule has 0 aliphatic heterocycles. The maximum Gasteiger partial charge on any atom is 0.307 e. The van der Waals surface area contributed by atoms with E-state index in [2.05, 4.69) is 0 Å². The highest BCUT2D eigenvalue weighted by Crippen LogP contribution is 2.18. The number of hydrogen-bond donors (Lipinski definition) is 0. The van der Waals surface area contributed by atoms with Gasteiger partial charge in [-0.3, -0.25) is 9.59 Å². The summed E-state index contributed by atoms with van der Waals surface area (Å²) in [6.07, 6.45) is 1.00. The Morgan fingerprint density at radius 1 is 1.16 bits per heavy atom. The van der Waals surface area contributed by atoms with Crippen LogP contribution >= 0.6 is 0 Å². The van der Waals surface area contributed by atoms with Gasteiger partial charge in [0.1, 0.15) is 0 Å². The number of carbonyl (C=O) groups is 2. The van der Waals surface area contributed by atoms with E-state index in [-0.39, 0.29) is 18.3 Å². The van der Waals surface area contributed by atoms with Crippen molar-refractivity contribution >= 4 is 11.9 Å². The first kappa shape index (κ1) is 17.9. The molecule has 0 saturated carbocycles. The Bertz CT molecular complexity index is 284. The van der Waals surface area contributed by atoms with Gasteiger partial charge >= 0.3 is 5.97 Å². The van der Waals surface area contributed by atoms with Crippen LogP contribution in [0, 0.1) is 5.41 Å². The minimum atomic E-state index is -0.443. The van der Waals surface area contributed by atoms with Crippen LogP contribution in [0.25, 0.3) is 0 Å². The van der Waals surface area contributed by atoms with E-state index in [0.717, 1.165) is 6.42 Å². The molecule has 0 fully saturated rings. The molecule has 0 atom stereocenters. The number of rotatable bonds is 8. The Labute approximate surface area is 116 Å². The number of hydrogen-bond acceptors (Lipinski definition) is 4. The molecule has 0 heterocycles. The SMILES string of the molecule is CCOC(=O)CCN(CCCOC)C(=O)C(C)(C)C. The number of amides is 1. The highest BCUT2D eigenvalue weighted by atomic mass is 16.5. The van der Waals surface area contributed by atoms with Crippen molar-refractivity contribution < 1.29 is 19.1 Å². The van der Waals surface area contributed by atoms with Crippen molar-refractivity contribution in [2.24, 2.45) is 5.41 Å². The van der Waals surface area contributed by atoms with E-state index in [1.54, 1.807) is 18.9 Å². The van der Waals surface area contributed by atoms with Crippen LogP contribution in [0.4, 0.5) is 0 Å². The Balaban J connectivity index is 4.41. The number of ether oxygens (including phenoxy) is 2. The number of methoxy groups -OCH3 is 1. The number of carbonyl (C=O) groups excluding carboxylic acids is 2. The molecule has 0 aliphatic carbocycles. The lowest BCUT2D eigenvalue weighted by Gasteiger charge is -2.29. The average Bonchev–Trinajstić information content (AvgIpc) is 2.32. The second kappa shape index (κ2) is 8.91. The van der Waals surface area contributed by atoms with Gasteiger partial charge in [-0.05, 0) is 13.3 Å². The lowest BCUT2D eigenvalue weighted by molar-refractivity contribution is -0.145. The average molecular weight is 273 g/mol. The molecule has 0 aromatic rings. The summed E-state index contributed by atoms with van der Waals surface area (Å²) in [4.78, 5) is 25.3. The molecule has 0 rings (SSSR count). The van der Waals surface area contributed by atoms with E-state index in [0.29, 0.717) is 26.3 Å². The molecule has 0 unspecified atom stereocenters. The van der Waals surface area contributed by atoms with Crippen LogP contribution in [-0.2, 0) is 19.1 Å². The molecule has 0 spiro atoms. The topological polar surface area (TPSA) is 55.8 Å². The summed E-state index contributed by atoms with van der Waals surface area (Å²) in [6.45, 7) is 9.38. The zero-order valence-electron chi connectivity index (χ0n) is 12.8. The van der Waals surface area contributed by atoms with E-state index < -0.39 is 5.41 Å². The molecule has 5 nitrogen and oxygen atoms in total. The van der Waals surface area contributed by atoms with Gasteiger partial charge in [-0.1, -0.05) is 20.8 Å². The molecule has 0 bridgehead atoms. The fraction of sp³-hybridized carbons (Fsp3) is 0.857. The summed E-state index contributed by atoms with van der Waals surface area (Å²) in [5.41, 5.74) is -0.443. The third-order valence-electron chi connectivity index (χ3n) is 2.60. The standard InChI is InChI=1S/C14H27NO4/c1-6-19-12(16)8-10-15(9-7-11-18-5)13(17)14(2,3)4/h6-11H2,1-5H3. The van der Waals surface area contributed by atoms with E-state index >= 15 is 0 Å². The first-order valence-corrected chi connectivity index (χ1v) is 6.76. The quantitative estimate of drug-likeness (QED) is 0.500. The monoisotopic (exact) mass is 273 g/mol. The van der Waals surface area contributed by atoms with Crippen LogP contribution in [-0.4, -0.2) is 50.2 Å². The zero-order valence-corrected chi connectivity index (χ0v) is 12.8. The van der Waals surface area contributed by atoms with Crippen LogP contribution in [0.5, 0.6) is 0 Å². The van der Waals surface area contributed by atoms with Gasteiger partial charge in [0.15, 0.2) is 0 Å². The predicted octanol–water partition coefficient (Wildman–Crippen LogP) is 1.85. The summed E-state index contributed by atoms with van der Waals surface area (Å²) < 4.78 is 9.87. The minimum absolute atomic E-state index is 0.0490. The molecule has 0 aliphatic rings. The van der Waals surface area contributed by atoms with Gasteiger partial charge in [0.25, 0.3) is 0 Å². The molecular weight excluding hydrogens is 246 g/mol. The predicted molar refractivity (Wildman–Crippen MR) is 73.8 cm³/mol. The smallest absolute Gasteiger partial charge is 0.307 e. The fourth-order valence-electron chi connectivity index (χ4n) is 1.65. The fourth-order valence-corrected chi connectivity index (χ4v) is 1.65. The van der Waals surface area contributed by atoms with Crippen LogP contribution in [0.3, 0.4) is 0 Å². The second-order valence-corrected chi connectivity index (χ2v) is 5.44. The van der Waals surface area contributed by atoms with Crippen molar-refractivity contribution in [2.45, 2.75) is 40.5 Å². The first-order valence-electron chi connectivity index (χ1n) is 6.76. The summed E-state index contributed by atoms with van der Waals surface area (Å²) in [5.74, 6) is -0.214. The molecular formula is C14H27NO4. The normalized spacial score (nSPS) is 11.2. The molecule has 5 heteroatoms. The summed E-state index contributed by atoms with van der Waals surface area (Å²) >= 11 is 0. The lowest BCUT2D eigenvalue weighted by Crippen LogP contribution is -2.41. The van der Waals surface area contributed by atoms with Crippen LogP contribution in [0.1, 0.15) is 40.5 Å².